The molecule has 4 rings (SSSR count). The molecular weight excluding hydrogens is 392 g/mol. The van der Waals surface area contributed by atoms with E-state index in [0.717, 1.165) is 37.6 Å². The second-order valence-electron chi connectivity index (χ2n) is 6.81. The number of hydrogen-bond acceptors (Lipinski definition) is 6. The monoisotopic (exact) mass is 414 g/mol. The summed E-state index contributed by atoms with van der Waals surface area (Å²) in [5, 5.41) is 2.81. The van der Waals surface area contributed by atoms with Crippen molar-refractivity contribution in [1.29, 1.82) is 0 Å². The van der Waals surface area contributed by atoms with E-state index in [4.69, 9.17) is 4.74 Å². The van der Waals surface area contributed by atoms with Gasteiger partial charge in [-0.2, -0.15) is 0 Å². The fourth-order valence-corrected chi connectivity index (χ4v) is 4.56. The quantitative estimate of drug-likeness (QED) is 0.757. The Morgan fingerprint density at radius 1 is 1.10 bits per heavy atom. The van der Waals surface area contributed by atoms with Crippen LogP contribution in [-0.2, 0) is 26.1 Å². The zero-order chi connectivity index (χ0) is 20.3. The molecule has 1 amide bonds. The van der Waals surface area contributed by atoms with Crippen molar-refractivity contribution in [2.45, 2.75) is 11.4 Å². The first-order chi connectivity index (χ1) is 14.0. The smallest absolute Gasteiger partial charge is 0.263 e. The average Bonchev–Trinajstić information content (AvgIpc) is 3.02. The molecule has 2 N–H and O–H groups in total. The first-order valence-corrected chi connectivity index (χ1v) is 10.9. The molecule has 9 heteroatoms. The van der Waals surface area contributed by atoms with Gasteiger partial charge in [-0.1, -0.05) is 24.3 Å². The molecule has 1 fully saturated rings. The van der Waals surface area contributed by atoms with E-state index in [1.54, 1.807) is 18.2 Å². The summed E-state index contributed by atoms with van der Waals surface area (Å²) >= 11 is 0. The topological polar surface area (TPSA) is 100 Å². The van der Waals surface area contributed by atoms with Crippen molar-refractivity contribution < 1.29 is 17.9 Å². The van der Waals surface area contributed by atoms with E-state index >= 15 is 0 Å². The third-order valence-corrected chi connectivity index (χ3v) is 6.24. The number of benzene rings is 2. The van der Waals surface area contributed by atoms with Gasteiger partial charge in [-0.3, -0.25) is 14.5 Å². The Morgan fingerprint density at radius 2 is 1.83 bits per heavy atom. The molecule has 8 nitrogen and oxygen atoms in total. The lowest BCUT2D eigenvalue weighted by molar-refractivity contribution is -0.119. The van der Waals surface area contributed by atoms with E-state index in [9.17, 15) is 13.2 Å². The number of carbonyl (C=O) groups excluding carboxylic acids is 1. The molecule has 1 saturated heterocycles. The van der Waals surface area contributed by atoms with Gasteiger partial charge in [0.25, 0.3) is 10.0 Å². The van der Waals surface area contributed by atoms with Crippen molar-refractivity contribution >= 4 is 27.5 Å². The van der Waals surface area contributed by atoms with E-state index in [0.29, 0.717) is 12.1 Å². The van der Waals surface area contributed by atoms with E-state index in [1.807, 2.05) is 24.3 Å². The molecule has 2 aliphatic heterocycles. The predicted octanol–water partition coefficient (Wildman–Crippen LogP) is 0.878. The molecule has 0 atom stereocenters. The van der Waals surface area contributed by atoms with Crippen LogP contribution in [0.4, 0.5) is 5.69 Å². The van der Waals surface area contributed by atoms with Gasteiger partial charge in [0.05, 0.1) is 18.1 Å². The molecule has 0 saturated carbocycles. The zero-order valence-electron chi connectivity index (χ0n) is 15.8. The number of nitrogens with zero attached hydrogens (tertiary/aromatic N) is 2. The molecule has 2 aromatic rings. The zero-order valence-corrected chi connectivity index (χ0v) is 16.6. The molecule has 2 heterocycles. The number of nitrogens with one attached hydrogen (secondary N) is 2. The van der Waals surface area contributed by atoms with E-state index in [2.05, 4.69) is 19.9 Å². The maximum Gasteiger partial charge on any atom is 0.263 e. The highest BCUT2D eigenvalue weighted by atomic mass is 32.2. The summed E-state index contributed by atoms with van der Waals surface area (Å²) in [4.78, 5) is 18.7. The Labute approximate surface area is 169 Å². The number of carbonyl (C=O) groups is 1. The minimum atomic E-state index is -3.60. The Balaban J connectivity index is 1.32. The number of rotatable bonds is 5. The highest BCUT2D eigenvalue weighted by Crippen LogP contribution is 2.22. The lowest BCUT2D eigenvalue weighted by atomic mass is 10.2. The van der Waals surface area contributed by atoms with Crippen molar-refractivity contribution in [3.05, 3.63) is 59.7 Å². The van der Waals surface area contributed by atoms with Crippen molar-refractivity contribution in [3.8, 4) is 0 Å². The summed E-state index contributed by atoms with van der Waals surface area (Å²) < 4.78 is 31.9. The predicted molar refractivity (Wildman–Crippen MR) is 109 cm³/mol. The number of hydrogen-bond donors (Lipinski definition) is 2. The van der Waals surface area contributed by atoms with Crippen LogP contribution in [-0.4, -0.2) is 53.0 Å². The first kappa shape index (κ1) is 19.4. The standard InChI is InChI=1S/C20H22N4O4S/c25-19(14-22-20-17-3-1-2-4-18(17)29(26,27)23-20)21-13-15-5-7-16(8-6-15)24-9-11-28-12-10-24/h1-8H,9-14H2,(H,21,25)(H,22,23). The molecule has 0 bridgehead atoms. The molecule has 2 aliphatic rings. The lowest BCUT2D eigenvalue weighted by Gasteiger charge is -2.28. The maximum absolute atomic E-state index is 12.1. The Morgan fingerprint density at radius 3 is 2.59 bits per heavy atom. The Bertz CT molecular complexity index is 1030. The van der Waals surface area contributed by atoms with Crippen molar-refractivity contribution in [3.63, 3.8) is 0 Å². The van der Waals surface area contributed by atoms with Crippen LogP contribution < -0.4 is 14.9 Å². The second-order valence-corrected chi connectivity index (χ2v) is 8.46. The van der Waals surface area contributed by atoms with Crippen molar-refractivity contribution in [2.75, 3.05) is 37.7 Å². The lowest BCUT2D eigenvalue weighted by Crippen LogP contribution is -2.36. The van der Waals surface area contributed by atoms with Crippen LogP contribution in [0.2, 0.25) is 0 Å². The summed E-state index contributed by atoms with van der Waals surface area (Å²) in [7, 11) is -3.60. The van der Waals surface area contributed by atoms with Gasteiger partial charge in [0.15, 0.2) is 0 Å². The first-order valence-electron chi connectivity index (χ1n) is 9.38. The third kappa shape index (κ3) is 4.41. The van der Waals surface area contributed by atoms with Crippen LogP contribution in [0, 0.1) is 0 Å². The summed E-state index contributed by atoms with van der Waals surface area (Å²) in [5.74, 6) is -0.0797. The van der Waals surface area contributed by atoms with Crippen LogP contribution >= 0.6 is 0 Å². The normalized spacial score (nSPS) is 18.9. The van der Waals surface area contributed by atoms with Crippen LogP contribution in [0.1, 0.15) is 11.1 Å². The van der Waals surface area contributed by atoms with E-state index in [1.165, 1.54) is 6.07 Å². The van der Waals surface area contributed by atoms with Crippen LogP contribution in [0.5, 0.6) is 0 Å². The number of ether oxygens (including phenoxy) is 1. The molecule has 29 heavy (non-hydrogen) atoms. The number of anilines is 1. The van der Waals surface area contributed by atoms with E-state index in [-0.39, 0.29) is 23.2 Å². The molecule has 152 valence electrons. The van der Waals surface area contributed by atoms with Gasteiger partial charge in [0.2, 0.25) is 5.91 Å². The minimum Gasteiger partial charge on any atom is -0.378 e. The number of morpholine rings is 1. The summed E-state index contributed by atoms with van der Waals surface area (Å²) in [6.07, 6.45) is 0. The van der Waals surface area contributed by atoms with Crippen LogP contribution in [0.25, 0.3) is 0 Å². The van der Waals surface area contributed by atoms with Crippen LogP contribution in [0.3, 0.4) is 0 Å². The highest BCUT2D eigenvalue weighted by molar-refractivity contribution is 7.90. The molecule has 0 aliphatic carbocycles. The summed E-state index contributed by atoms with van der Waals surface area (Å²) in [5.41, 5.74) is 2.61. The molecule has 2 aromatic carbocycles. The SMILES string of the molecule is O=C(CN=C1NS(=O)(=O)c2ccccc21)NCc1ccc(N2CCOCC2)cc1. The number of amidine groups is 1. The van der Waals surface area contributed by atoms with Gasteiger partial charge in [-0.05, 0) is 29.8 Å². The van der Waals surface area contributed by atoms with Crippen molar-refractivity contribution in [1.82, 2.24) is 10.0 Å². The van der Waals surface area contributed by atoms with Crippen LogP contribution in [0.15, 0.2) is 58.4 Å². The van der Waals surface area contributed by atoms with Gasteiger partial charge >= 0.3 is 0 Å². The number of fused-ring (bicyclic) bond motifs is 1. The Kier molecular flexibility index (Phi) is 5.50. The van der Waals surface area contributed by atoms with Gasteiger partial charge < -0.3 is 15.0 Å². The minimum absolute atomic E-state index is 0.155. The number of sulfonamides is 1. The summed E-state index contributed by atoms with van der Waals surface area (Å²) in [6, 6.07) is 14.6. The molecule has 0 spiro atoms. The Hall–Kier alpha value is -2.91. The molecule has 0 radical (unpaired) electrons. The fourth-order valence-electron chi connectivity index (χ4n) is 3.30. The van der Waals surface area contributed by atoms with Gasteiger partial charge in [-0.15, -0.1) is 0 Å². The second kappa shape index (κ2) is 8.22. The molecule has 0 unspecified atom stereocenters. The average molecular weight is 414 g/mol. The molecular formula is C20H22N4O4S. The number of aliphatic imine (C=N–C) groups is 1. The fraction of sp³-hybridized carbons (Fsp3) is 0.300. The number of amides is 1. The summed E-state index contributed by atoms with van der Waals surface area (Å²) in [6.45, 7) is 3.46. The van der Waals surface area contributed by atoms with Gasteiger partial charge in [0, 0.05) is 30.9 Å². The highest BCUT2D eigenvalue weighted by Gasteiger charge is 2.30. The largest absolute Gasteiger partial charge is 0.378 e. The third-order valence-electron chi connectivity index (χ3n) is 4.85. The van der Waals surface area contributed by atoms with Crippen molar-refractivity contribution in [2.24, 2.45) is 4.99 Å². The maximum atomic E-state index is 12.1. The van der Waals surface area contributed by atoms with Gasteiger partial charge in [0.1, 0.15) is 12.4 Å². The molecule has 0 aromatic heterocycles. The van der Waals surface area contributed by atoms with E-state index < -0.39 is 10.0 Å². The van der Waals surface area contributed by atoms with Gasteiger partial charge in [-0.25, -0.2) is 8.42 Å².